The molecule has 1 aromatic heterocycles. The van der Waals surface area contributed by atoms with Gasteiger partial charge in [-0.2, -0.15) is 0 Å². The molecule has 0 aliphatic heterocycles. The van der Waals surface area contributed by atoms with E-state index in [0.717, 1.165) is 0 Å². The second-order valence-corrected chi connectivity index (χ2v) is 3.51. The molecule has 0 spiro atoms. The standard InChI is InChI=1S/C11H15N3O3/c1-3-13-10(15)7-14(2)9-6-12-5-4-8(9)11(16)17/h4-6H,3,7H2,1-2H3,(H,13,15)(H,16,17). The molecule has 0 bridgehead atoms. The molecular weight excluding hydrogens is 222 g/mol. The third-order valence-electron chi connectivity index (χ3n) is 2.20. The molecule has 17 heavy (non-hydrogen) atoms. The lowest BCUT2D eigenvalue weighted by Gasteiger charge is -2.19. The fourth-order valence-electron chi connectivity index (χ4n) is 1.42. The highest BCUT2D eigenvalue weighted by atomic mass is 16.4. The smallest absolute Gasteiger partial charge is 0.337 e. The van der Waals surface area contributed by atoms with Crippen LogP contribution >= 0.6 is 0 Å². The SMILES string of the molecule is CCNC(=O)CN(C)c1cnccc1C(=O)O. The summed E-state index contributed by atoms with van der Waals surface area (Å²) in [6, 6.07) is 1.41. The van der Waals surface area contributed by atoms with Gasteiger partial charge in [-0.1, -0.05) is 0 Å². The lowest BCUT2D eigenvalue weighted by molar-refractivity contribution is -0.119. The summed E-state index contributed by atoms with van der Waals surface area (Å²) < 4.78 is 0. The minimum Gasteiger partial charge on any atom is -0.478 e. The quantitative estimate of drug-likeness (QED) is 0.772. The Hall–Kier alpha value is -2.11. The van der Waals surface area contributed by atoms with Crippen LogP contribution in [0.5, 0.6) is 0 Å². The highest BCUT2D eigenvalue weighted by Gasteiger charge is 2.15. The number of aromatic nitrogens is 1. The Morgan fingerprint density at radius 3 is 2.82 bits per heavy atom. The Balaban J connectivity index is 2.85. The lowest BCUT2D eigenvalue weighted by Crippen LogP contribution is -2.35. The fraction of sp³-hybridized carbons (Fsp3) is 0.364. The zero-order valence-electron chi connectivity index (χ0n) is 9.80. The van der Waals surface area contributed by atoms with Gasteiger partial charge in [-0.05, 0) is 13.0 Å². The van der Waals surface area contributed by atoms with Crippen LogP contribution in [-0.4, -0.2) is 42.1 Å². The summed E-state index contributed by atoms with van der Waals surface area (Å²) in [5.74, 6) is -1.19. The maximum Gasteiger partial charge on any atom is 0.337 e. The van der Waals surface area contributed by atoms with E-state index in [1.54, 1.807) is 11.9 Å². The summed E-state index contributed by atoms with van der Waals surface area (Å²) in [5, 5.41) is 11.6. The van der Waals surface area contributed by atoms with E-state index in [4.69, 9.17) is 5.11 Å². The minimum absolute atomic E-state index is 0.0970. The van der Waals surface area contributed by atoms with Crippen molar-refractivity contribution in [2.75, 3.05) is 25.0 Å². The van der Waals surface area contributed by atoms with Crippen molar-refractivity contribution < 1.29 is 14.7 Å². The van der Waals surface area contributed by atoms with E-state index >= 15 is 0 Å². The van der Waals surface area contributed by atoms with Gasteiger partial charge in [0.05, 0.1) is 24.0 Å². The monoisotopic (exact) mass is 237 g/mol. The number of likely N-dealkylation sites (N-methyl/N-ethyl adjacent to an activating group) is 2. The molecule has 0 aromatic carbocycles. The van der Waals surface area contributed by atoms with E-state index in [2.05, 4.69) is 10.3 Å². The molecule has 1 rings (SSSR count). The van der Waals surface area contributed by atoms with Crippen molar-refractivity contribution in [3.8, 4) is 0 Å². The molecule has 6 nitrogen and oxygen atoms in total. The average Bonchev–Trinajstić information content (AvgIpc) is 2.29. The summed E-state index contributed by atoms with van der Waals surface area (Å²) in [7, 11) is 1.65. The van der Waals surface area contributed by atoms with Gasteiger partial charge >= 0.3 is 5.97 Å². The predicted octanol–water partition coefficient (Wildman–Crippen LogP) is 0.352. The van der Waals surface area contributed by atoms with Crippen LogP contribution in [0.3, 0.4) is 0 Å². The largest absolute Gasteiger partial charge is 0.478 e. The predicted molar refractivity (Wildman–Crippen MR) is 63.2 cm³/mol. The topological polar surface area (TPSA) is 82.5 Å². The zero-order chi connectivity index (χ0) is 12.8. The minimum atomic E-state index is -1.04. The molecule has 1 aromatic rings. The molecule has 6 heteroatoms. The van der Waals surface area contributed by atoms with E-state index in [1.807, 2.05) is 6.92 Å². The van der Waals surface area contributed by atoms with Gasteiger partial charge in [-0.15, -0.1) is 0 Å². The van der Waals surface area contributed by atoms with Crippen LogP contribution in [0.1, 0.15) is 17.3 Å². The van der Waals surface area contributed by atoms with Gasteiger partial charge in [-0.25, -0.2) is 4.79 Å². The number of hydrogen-bond donors (Lipinski definition) is 2. The Bertz CT molecular complexity index is 420. The van der Waals surface area contributed by atoms with Crippen molar-refractivity contribution in [2.24, 2.45) is 0 Å². The molecule has 0 fully saturated rings. The molecule has 0 aliphatic rings. The fourth-order valence-corrected chi connectivity index (χ4v) is 1.42. The highest BCUT2D eigenvalue weighted by Crippen LogP contribution is 2.17. The molecule has 0 saturated carbocycles. The number of carbonyl (C=O) groups excluding carboxylic acids is 1. The van der Waals surface area contributed by atoms with E-state index < -0.39 is 5.97 Å². The van der Waals surface area contributed by atoms with Crippen molar-refractivity contribution in [1.82, 2.24) is 10.3 Å². The molecule has 2 N–H and O–H groups in total. The maximum absolute atomic E-state index is 11.4. The first kappa shape index (κ1) is 13.0. The van der Waals surface area contributed by atoms with Gasteiger partial charge < -0.3 is 15.3 Å². The number of rotatable bonds is 5. The maximum atomic E-state index is 11.4. The Labute approximate surface area is 99.3 Å². The number of anilines is 1. The summed E-state index contributed by atoms with van der Waals surface area (Å²) in [6.45, 7) is 2.47. The van der Waals surface area contributed by atoms with E-state index in [9.17, 15) is 9.59 Å². The van der Waals surface area contributed by atoms with Crippen LogP contribution in [0, 0.1) is 0 Å². The van der Waals surface area contributed by atoms with Crippen LogP contribution in [-0.2, 0) is 4.79 Å². The van der Waals surface area contributed by atoms with E-state index in [0.29, 0.717) is 12.2 Å². The van der Waals surface area contributed by atoms with Crippen LogP contribution in [0.2, 0.25) is 0 Å². The summed E-state index contributed by atoms with van der Waals surface area (Å²) in [5.41, 5.74) is 0.554. The van der Waals surface area contributed by atoms with Crippen LogP contribution in [0.4, 0.5) is 5.69 Å². The van der Waals surface area contributed by atoms with Crippen molar-refractivity contribution in [3.05, 3.63) is 24.0 Å². The van der Waals surface area contributed by atoms with Gasteiger partial charge in [0.25, 0.3) is 0 Å². The number of amides is 1. The molecule has 0 unspecified atom stereocenters. The molecule has 1 amide bonds. The number of nitrogens with one attached hydrogen (secondary N) is 1. The first-order valence-corrected chi connectivity index (χ1v) is 5.21. The molecule has 0 radical (unpaired) electrons. The second-order valence-electron chi connectivity index (χ2n) is 3.51. The Kier molecular flexibility index (Phi) is 4.45. The first-order chi connectivity index (χ1) is 8.06. The van der Waals surface area contributed by atoms with E-state index in [-0.39, 0.29) is 18.0 Å². The molecule has 0 atom stereocenters. The number of hydrogen-bond acceptors (Lipinski definition) is 4. The van der Waals surface area contributed by atoms with Gasteiger partial charge in [-0.3, -0.25) is 9.78 Å². The number of nitrogens with zero attached hydrogens (tertiary/aromatic N) is 2. The highest BCUT2D eigenvalue weighted by molar-refractivity contribution is 5.95. The number of carbonyl (C=O) groups is 2. The van der Waals surface area contributed by atoms with Crippen LogP contribution < -0.4 is 10.2 Å². The average molecular weight is 237 g/mol. The molecule has 0 saturated heterocycles. The van der Waals surface area contributed by atoms with E-state index in [1.165, 1.54) is 18.5 Å². The van der Waals surface area contributed by atoms with Gasteiger partial charge in [0.2, 0.25) is 5.91 Å². The summed E-state index contributed by atoms with van der Waals surface area (Å²) in [4.78, 5) is 27.8. The molecule has 0 aliphatic carbocycles. The number of pyridine rings is 1. The number of aromatic carboxylic acids is 1. The zero-order valence-corrected chi connectivity index (χ0v) is 9.80. The van der Waals surface area contributed by atoms with Crippen molar-refractivity contribution in [2.45, 2.75) is 6.92 Å². The normalized spacial score (nSPS) is 9.76. The van der Waals surface area contributed by atoms with Gasteiger partial charge in [0.1, 0.15) is 0 Å². The molecule has 1 heterocycles. The van der Waals surface area contributed by atoms with Crippen molar-refractivity contribution in [1.29, 1.82) is 0 Å². The van der Waals surface area contributed by atoms with Gasteiger partial charge in [0, 0.05) is 19.8 Å². The summed E-state index contributed by atoms with van der Waals surface area (Å²) >= 11 is 0. The summed E-state index contributed by atoms with van der Waals surface area (Å²) in [6.07, 6.45) is 2.84. The van der Waals surface area contributed by atoms with Gasteiger partial charge in [0.15, 0.2) is 0 Å². The van der Waals surface area contributed by atoms with Crippen molar-refractivity contribution >= 4 is 17.6 Å². The third kappa shape index (κ3) is 3.44. The third-order valence-corrected chi connectivity index (χ3v) is 2.20. The van der Waals surface area contributed by atoms with Crippen molar-refractivity contribution in [3.63, 3.8) is 0 Å². The number of carboxylic acid groups (broad SMARTS) is 1. The lowest BCUT2D eigenvalue weighted by atomic mass is 10.2. The van der Waals surface area contributed by atoms with Crippen LogP contribution in [0.25, 0.3) is 0 Å². The van der Waals surface area contributed by atoms with Crippen LogP contribution in [0.15, 0.2) is 18.5 Å². The molecular formula is C11H15N3O3. The molecule has 92 valence electrons. The first-order valence-electron chi connectivity index (χ1n) is 5.21. The Morgan fingerprint density at radius 2 is 2.24 bits per heavy atom. The number of carboxylic acids is 1. The second kappa shape index (κ2) is 5.83. The Morgan fingerprint density at radius 1 is 1.53 bits per heavy atom.